The lowest BCUT2D eigenvalue weighted by molar-refractivity contribution is -0.120. The lowest BCUT2D eigenvalue weighted by atomic mass is 9.98. The summed E-state index contributed by atoms with van der Waals surface area (Å²) in [6.07, 6.45) is 1.58. The molecule has 2 heterocycles. The maximum Gasteiger partial charge on any atom is 0.231 e. The predicted molar refractivity (Wildman–Crippen MR) is 124 cm³/mol. The highest BCUT2D eigenvalue weighted by Crippen LogP contribution is 2.30. The van der Waals surface area contributed by atoms with Gasteiger partial charge in [-0.25, -0.2) is 9.97 Å². The van der Waals surface area contributed by atoms with Gasteiger partial charge in [0.25, 0.3) is 0 Å². The van der Waals surface area contributed by atoms with E-state index in [4.69, 9.17) is 0 Å². The highest BCUT2D eigenvalue weighted by atomic mass is 16.2. The molecule has 0 atom stereocenters. The van der Waals surface area contributed by atoms with E-state index in [1.54, 1.807) is 6.33 Å². The average molecular weight is 406 g/mol. The molecule has 0 radical (unpaired) electrons. The third-order valence-corrected chi connectivity index (χ3v) is 5.57. The molecule has 1 aromatic heterocycles. The fourth-order valence-corrected chi connectivity index (χ4v) is 3.81. The van der Waals surface area contributed by atoms with Gasteiger partial charge in [0.05, 0.1) is 11.6 Å². The van der Waals surface area contributed by atoms with Crippen LogP contribution in [0.2, 0.25) is 0 Å². The molecule has 0 bridgehead atoms. The molecule has 4 aromatic rings. The van der Waals surface area contributed by atoms with E-state index in [1.807, 2.05) is 78.9 Å². The van der Waals surface area contributed by atoms with Gasteiger partial charge >= 0.3 is 0 Å². The monoisotopic (exact) mass is 406 g/mol. The Bertz CT molecular complexity index is 1190. The molecule has 5 rings (SSSR count). The summed E-state index contributed by atoms with van der Waals surface area (Å²) < 4.78 is 0. The molecule has 1 N–H and O–H groups in total. The third kappa shape index (κ3) is 4.03. The second-order valence-corrected chi connectivity index (χ2v) is 7.63. The molecule has 1 saturated heterocycles. The summed E-state index contributed by atoms with van der Waals surface area (Å²) in [5.41, 5.74) is 4.89. The number of hydrogen-bond acceptors (Lipinski definition) is 4. The number of aromatic nitrogens is 2. The topological polar surface area (TPSA) is 58.1 Å². The first kappa shape index (κ1) is 19.0. The summed E-state index contributed by atoms with van der Waals surface area (Å²) in [6.45, 7) is 1.29. The zero-order valence-electron chi connectivity index (χ0n) is 17.0. The number of nitrogens with one attached hydrogen (secondary N) is 1. The molecule has 1 amide bonds. The molecule has 0 unspecified atom stereocenters. The van der Waals surface area contributed by atoms with Crippen LogP contribution in [0.1, 0.15) is 0 Å². The van der Waals surface area contributed by atoms with E-state index >= 15 is 0 Å². The third-order valence-electron chi connectivity index (χ3n) is 5.57. The first-order valence-electron chi connectivity index (χ1n) is 10.4. The van der Waals surface area contributed by atoms with Crippen LogP contribution in [0, 0.1) is 5.92 Å². The van der Waals surface area contributed by atoms with Gasteiger partial charge in [0.15, 0.2) is 0 Å². The largest absolute Gasteiger partial charge is 0.355 e. The molecule has 0 spiro atoms. The Morgan fingerprint density at radius 1 is 0.806 bits per heavy atom. The summed E-state index contributed by atoms with van der Waals surface area (Å²) in [7, 11) is 0. The van der Waals surface area contributed by atoms with Crippen molar-refractivity contribution in [2.24, 2.45) is 5.92 Å². The van der Waals surface area contributed by atoms with Gasteiger partial charge in [-0.05, 0) is 11.6 Å². The Hall–Kier alpha value is -3.99. The second-order valence-electron chi connectivity index (χ2n) is 7.63. The number of nitrogens with zero attached hydrogens (tertiary/aromatic N) is 3. The SMILES string of the molecule is O=C(Nc1ccccc1-c1ccccc1)C1CN(c2cc(-c3ccccc3)ncn2)C1. The quantitative estimate of drug-likeness (QED) is 0.513. The molecule has 31 heavy (non-hydrogen) atoms. The van der Waals surface area contributed by atoms with Crippen LogP contribution in [0.4, 0.5) is 11.5 Å². The van der Waals surface area contributed by atoms with Crippen LogP contribution in [0.25, 0.3) is 22.4 Å². The Kier molecular flexibility index (Phi) is 5.15. The van der Waals surface area contributed by atoms with Gasteiger partial charge in [0, 0.05) is 36.0 Å². The maximum atomic E-state index is 12.9. The van der Waals surface area contributed by atoms with Crippen molar-refractivity contribution < 1.29 is 4.79 Å². The summed E-state index contributed by atoms with van der Waals surface area (Å²) >= 11 is 0. The Balaban J connectivity index is 1.26. The number of amides is 1. The number of anilines is 2. The number of carbonyl (C=O) groups excluding carboxylic acids is 1. The van der Waals surface area contributed by atoms with Crippen LogP contribution in [0.15, 0.2) is 97.3 Å². The highest BCUT2D eigenvalue weighted by Gasteiger charge is 2.34. The van der Waals surface area contributed by atoms with E-state index < -0.39 is 0 Å². The second kappa shape index (κ2) is 8.40. The fraction of sp³-hybridized carbons (Fsp3) is 0.115. The zero-order valence-corrected chi connectivity index (χ0v) is 17.0. The van der Waals surface area contributed by atoms with Crippen LogP contribution in [-0.4, -0.2) is 29.0 Å². The smallest absolute Gasteiger partial charge is 0.231 e. The van der Waals surface area contributed by atoms with Gasteiger partial charge in [-0.15, -0.1) is 0 Å². The van der Waals surface area contributed by atoms with E-state index in [0.29, 0.717) is 13.1 Å². The number of rotatable bonds is 5. The molecule has 3 aromatic carbocycles. The molecule has 0 saturated carbocycles. The minimum absolute atomic E-state index is 0.0389. The van der Waals surface area contributed by atoms with Crippen molar-refractivity contribution in [3.8, 4) is 22.4 Å². The van der Waals surface area contributed by atoms with Gasteiger partial charge in [0.1, 0.15) is 12.1 Å². The summed E-state index contributed by atoms with van der Waals surface area (Å²) in [6, 6.07) is 30.0. The van der Waals surface area contributed by atoms with Crippen molar-refractivity contribution in [1.82, 2.24) is 9.97 Å². The van der Waals surface area contributed by atoms with Gasteiger partial charge < -0.3 is 10.2 Å². The fourth-order valence-electron chi connectivity index (χ4n) is 3.81. The molecular weight excluding hydrogens is 384 g/mol. The first-order chi connectivity index (χ1) is 15.3. The summed E-state index contributed by atoms with van der Waals surface area (Å²) in [4.78, 5) is 23.8. The molecule has 1 aliphatic heterocycles. The van der Waals surface area contributed by atoms with E-state index in [9.17, 15) is 4.79 Å². The van der Waals surface area contributed by atoms with Gasteiger partial charge in [0.2, 0.25) is 5.91 Å². The summed E-state index contributed by atoms with van der Waals surface area (Å²) in [5.74, 6) is 0.818. The maximum absolute atomic E-state index is 12.9. The van der Waals surface area contributed by atoms with E-state index in [-0.39, 0.29) is 11.8 Å². The predicted octanol–water partition coefficient (Wildman–Crippen LogP) is 4.89. The van der Waals surface area contributed by atoms with Crippen molar-refractivity contribution >= 4 is 17.4 Å². The normalized spacial score (nSPS) is 13.5. The molecule has 5 nitrogen and oxygen atoms in total. The van der Waals surface area contributed by atoms with Crippen molar-refractivity contribution in [3.05, 3.63) is 97.3 Å². The minimum Gasteiger partial charge on any atom is -0.355 e. The Labute approximate surface area is 181 Å². The molecule has 5 heteroatoms. The standard InChI is InChI=1S/C26H22N4O/c31-26(29-23-14-8-7-13-22(23)19-9-3-1-4-10-19)21-16-30(17-21)25-15-24(27-18-28-25)20-11-5-2-6-12-20/h1-15,18,21H,16-17H2,(H,29,31). The van der Waals surface area contributed by atoms with Gasteiger partial charge in [-0.2, -0.15) is 0 Å². The van der Waals surface area contributed by atoms with Crippen LogP contribution in [0.3, 0.4) is 0 Å². The number of benzene rings is 3. The molecular formula is C26H22N4O. The molecule has 1 fully saturated rings. The Morgan fingerprint density at radius 3 is 2.19 bits per heavy atom. The first-order valence-corrected chi connectivity index (χ1v) is 10.4. The van der Waals surface area contributed by atoms with Crippen LogP contribution in [0.5, 0.6) is 0 Å². The van der Waals surface area contributed by atoms with Crippen molar-refractivity contribution in [2.45, 2.75) is 0 Å². The van der Waals surface area contributed by atoms with E-state index in [0.717, 1.165) is 33.9 Å². The van der Waals surface area contributed by atoms with Gasteiger partial charge in [-0.1, -0.05) is 78.9 Å². The van der Waals surface area contributed by atoms with Crippen molar-refractivity contribution in [1.29, 1.82) is 0 Å². The molecule has 152 valence electrons. The van der Waals surface area contributed by atoms with Crippen molar-refractivity contribution in [2.75, 3.05) is 23.3 Å². The highest BCUT2D eigenvalue weighted by molar-refractivity contribution is 5.98. The minimum atomic E-state index is -0.0704. The zero-order chi connectivity index (χ0) is 21.0. The van der Waals surface area contributed by atoms with Crippen LogP contribution >= 0.6 is 0 Å². The Morgan fingerprint density at radius 2 is 1.45 bits per heavy atom. The van der Waals surface area contributed by atoms with E-state index in [2.05, 4.69) is 32.3 Å². The molecule has 1 aliphatic rings. The number of para-hydroxylation sites is 1. The summed E-state index contributed by atoms with van der Waals surface area (Å²) in [5, 5.41) is 3.12. The lowest BCUT2D eigenvalue weighted by Crippen LogP contribution is -2.52. The average Bonchev–Trinajstić information content (AvgIpc) is 2.80. The van der Waals surface area contributed by atoms with Gasteiger partial charge in [-0.3, -0.25) is 4.79 Å². The number of hydrogen-bond donors (Lipinski definition) is 1. The molecule has 0 aliphatic carbocycles. The number of carbonyl (C=O) groups is 1. The van der Waals surface area contributed by atoms with Crippen LogP contribution < -0.4 is 10.2 Å². The van der Waals surface area contributed by atoms with E-state index in [1.165, 1.54) is 0 Å². The lowest BCUT2D eigenvalue weighted by Gasteiger charge is -2.39. The van der Waals surface area contributed by atoms with Crippen molar-refractivity contribution in [3.63, 3.8) is 0 Å². The van der Waals surface area contributed by atoms with Crippen LogP contribution in [-0.2, 0) is 4.79 Å².